The highest BCUT2D eigenvalue weighted by Gasteiger charge is 2.56. The number of hydrogen-bond donors (Lipinski definition) is 4. The number of anilines is 3. The molecule has 36 heavy (non-hydrogen) atoms. The van der Waals surface area contributed by atoms with E-state index in [2.05, 4.69) is 15.6 Å². The van der Waals surface area contributed by atoms with E-state index in [9.17, 15) is 9.59 Å². The van der Waals surface area contributed by atoms with Crippen LogP contribution >= 0.6 is 0 Å². The van der Waals surface area contributed by atoms with Gasteiger partial charge in [0.15, 0.2) is 0 Å². The van der Waals surface area contributed by atoms with E-state index in [1.165, 1.54) is 0 Å². The third-order valence-corrected chi connectivity index (χ3v) is 5.72. The molecule has 0 radical (unpaired) electrons. The van der Waals surface area contributed by atoms with E-state index in [1.807, 2.05) is 24.3 Å². The summed E-state index contributed by atoms with van der Waals surface area (Å²) in [6.45, 7) is -0.250. The Morgan fingerprint density at radius 1 is 0.917 bits per heavy atom. The van der Waals surface area contributed by atoms with Crippen molar-refractivity contribution < 1.29 is 24.2 Å². The molecule has 9 nitrogen and oxygen atoms in total. The minimum absolute atomic E-state index is 0.250. The van der Waals surface area contributed by atoms with E-state index in [0.717, 1.165) is 10.9 Å². The zero-order chi connectivity index (χ0) is 25.5. The number of nitrogens with two attached hydrogens (primary N) is 1. The van der Waals surface area contributed by atoms with Gasteiger partial charge in [-0.05, 0) is 73.5 Å². The molecule has 0 bridgehead atoms. The Bertz CT molecular complexity index is 1390. The molecule has 1 aromatic heterocycles. The minimum atomic E-state index is -1.02. The van der Waals surface area contributed by atoms with Crippen molar-refractivity contribution in [3.8, 4) is 11.5 Å². The van der Waals surface area contributed by atoms with Gasteiger partial charge in [-0.15, -0.1) is 0 Å². The molecule has 3 aromatic carbocycles. The summed E-state index contributed by atoms with van der Waals surface area (Å²) in [5, 5.41) is 13.4. The molecular weight excluding hydrogens is 460 g/mol. The number of nitrogen functional groups attached to an aromatic ring is 1. The number of nitrogens with zero attached hydrogens (tertiary/aromatic N) is 1. The number of benzene rings is 3. The first-order chi connectivity index (χ1) is 17.4. The number of carboxylic acid groups (broad SMARTS) is 1. The van der Waals surface area contributed by atoms with Gasteiger partial charge < -0.3 is 26.2 Å². The van der Waals surface area contributed by atoms with Crippen LogP contribution in [0.25, 0.3) is 10.9 Å². The van der Waals surface area contributed by atoms with Gasteiger partial charge in [0.25, 0.3) is 6.47 Å². The molecule has 1 aliphatic carbocycles. The Morgan fingerprint density at radius 3 is 2.14 bits per heavy atom. The average Bonchev–Trinajstić information content (AvgIpc) is 3.69. The molecule has 1 heterocycles. The zero-order valence-corrected chi connectivity index (χ0v) is 19.2. The molecule has 5 N–H and O–H groups in total. The van der Waals surface area contributed by atoms with Crippen molar-refractivity contribution in [2.24, 2.45) is 5.41 Å². The summed E-state index contributed by atoms with van der Waals surface area (Å²) >= 11 is 0. The number of para-hydroxylation sites is 1. The van der Waals surface area contributed by atoms with Gasteiger partial charge in [-0.3, -0.25) is 19.4 Å². The number of hydrogen-bond acceptors (Lipinski definition) is 6. The van der Waals surface area contributed by atoms with Gasteiger partial charge in [0, 0.05) is 28.6 Å². The Kier molecular flexibility index (Phi) is 7.10. The van der Waals surface area contributed by atoms with Crippen molar-refractivity contribution in [1.29, 1.82) is 0 Å². The summed E-state index contributed by atoms with van der Waals surface area (Å²) in [6.07, 6.45) is 2.72. The van der Waals surface area contributed by atoms with Gasteiger partial charge in [0.2, 0.25) is 11.8 Å². The molecular formula is C27H24N4O5. The Balaban J connectivity index is 0.000000967. The van der Waals surface area contributed by atoms with Gasteiger partial charge in [-0.2, -0.15) is 0 Å². The number of carbonyl (C=O) groups is 3. The normalized spacial score (nSPS) is 13.0. The van der Waals surface area contributed by atoms with Crippen LogP contribution in [0.3, 0.4) is 0 Å². The van der Waals surface area contributed by atoms with Crippen LogP contribution in [0.1, 0.15) is 12.8 Å². The predicted octanol–water partition coefficient (Wildman–Crippen LogP) is 4.67. The number of fused-ring (bicyclic) bond motifs is 1. The average molecular weight is 485 g/mol. The second-order valence-electron chi connectivity index (χ2n) is 8.17. The lowest BCUT2D eigenvalue weighted by Crippen LogP contribution is -2.35. The van der Waals surface area contributed by atoms with E-state index >= 15 is 0 Å². The lowest BCUT2D eigenvalue weighted by Gasteiger charge is -2.16. The Labute approximate surface area is 206 Å². The van der Waals surface area contributed by atoms with Crippen molar-refractivity contribution in [1.82, 2.24) is 4.98 Å². The highest BCUT2D eigenvalue weighted by atomic mass is 16.5. The first kappa shape index (κ1) is 24.2. The highest BCUT2D eigenvalue weighted by molar-refractivity contribution is 6.16. The first-order valence-corrected chi connectivity index (χ1v) is 11.1. The summed E-state index contributed by atoms with van der Waals surface area (Å²) in [5.41, 5.74) is 7.47. The van der Waals surface area contributed by atoms with E-state index in [1.54, 1.807) is 60.8 Å². The smallest absolute Gasteiger partial charge is 0.290 e. The van der Waals surface area contributed by atoms with Crippen molar-refractivity contribution in [3.63, 3.8) is 0 Å². The molecule has 2 amide bonds. The molecule has 1 aliphatic rings. The topological polar surface area (TPSA) is 144 Å². The zero-order valence-electron chi connectivity index (χ0n) is 19.2. The first-order valence-electron chi connectivity index (χ1n) is 11.1. The van der Waals surface area contributed by atoms with Crippen LogP contribution in [0.5, 0.6) is 11.5 Å². The largest absolute Gasteiger partial charge is 0.483 e. The van der Waals surface area contributed by atoms with Gasteiger partial charge in [-0.1, -0.05) is 18.2 Å². The molecule has 1 saturated carbocycles. The number of pyridine rings is 1. The van der Waals surface area contributed by atoms with E-state index < -0.39 is 5.41 Å². The molecule has 9 heteroatoms. The van der Waals surface area contributed by atoms with E-state index in [-0.39, 0.29) is 18.3 Å². The second kappa shape index (κ2) is 10.6. The van der Waals surface area contributed by atoms with Crippen molar-refractivity contribution >= 4 is 46.3 Å². The van der Waals surface area contributed by atoms with Gasteiger partial charge in [0.05, 0.1) is 5.52 Å². The number of aromatic nitrogens is 1. The summed E-state index contributed by atoms with van der Waals surface area (Å²) in [7, 11) is 0. The number of amides is 2. The molecule has 0 aliphatic heterocycles. The quantitative estimate of drug-likeness (QED) is 0.177. The van der Waals surface area contributed by atoms with Crippen LogP contribution in [-0.4, -0.2) is 28.4 Å². The fraction of sp³-hybridized carbons (Fsp3) is 0.111. The second-order valence-corrected chi connectivity index (χ2v) is 8.17. The monoisotopic (exact) mass is 484 g/mol. The van der Waals surface area contributed by atoms with Crippen molar-refractivity contribution in [2.75, 3.05) is 16.4 Å². The molecule has 0 spiro atoms. The lowest BCUT2D eigenvalue weighted by atomic mass is 10.0. The molecule has 182 valence electrons. The number of nitrogens with one attached hydrogen (secondary N) is 2. The summed E-state index contributed by atoms with van der Waals surface area (Å²) in [6, 6.07) is 23.4. The van der Waals surface area contributed by atoms with Crippen LogP contribution in [0, 0.1) is 5.41 Å². The summed E-state index contributed by atoms with van der Waals surface area (Å²) in [5.74, 6) is 0.685. The molecule has 0 unspecified atom stereocenters. The predicted molar refractivity (Wildman–Crippen MR) is 137 cm³/mol. The van der Waals surface area contributed by atoms with Crippen LogP contribution in [0.15, 0.2) is 85.1 Å². The third-order valence-electron chi connectivity index (χ3n) is 5.72. The molecule has 4 aromatic rings. The maximum Gasteiger partial charge on any atom is 0.290 e. The van der Waals surface area contributed by atoms with E-state index in [4.69, 9.17) is 20.4 Å². The highest BCUT2D eigenvalue weighted by Crippen LogP contribution is 2.47. The summed E-state index contributed by atoms with van der Waals surface area (Å²) in [4.78, 5) is 38.2. The molecule has 0 atom stereocenters. The maximum absolute atomic E-state index is 12.9. The van der Waals surface area contributed by atoms with Crippen LogP contribution in [0.2, 0.25) is 0 Å². The number of rotatable bonds is 6. The fourth-order valence-electron chi connectivity index (χ4n) is 3.67. The maximum atomic E-state index is 12.9. The number of ether oxygens (including phenoxy) is 1. The van der Waals surface area contributed by atoms with Crippen LogP contribution < -0.4 is 21.1 Å². The third kappa shape index (κ3) is 5.41. The SMILES string of the molecule is Nc1ccc2c(Oc3ccc(NC(=O)C4(C(=O)Nc5ccccc5)CC4)cc3)ccnc2c1.O=CO. The van der Waals surface area contributed by atoms with Gasteiger partial charge >= 0.3 is 0 Å². The lowest BCUT2D eigenvalue weighted by molar-refractivity contribution is -0.131. The van der Waals surface area contributed by atoms with Gasteiger partial charge in [0.1, 0.15) is 16.9 Å². The molecule has 1 fully saturated rings. The summed E-state index contributed by atoms with van der Waals surface area (Å²) < 4.78 is 6.02. The standard InChI is InChI=1S/C26H22N4O3.CH2O2/c27-17-6-11-21-22(16-17)28-15-12-23(21)33-20-9-7-19(8-10-20)30-25(32)26(13-14-26)24(31)29-18-4-2-1-3-5-18;2-1-3/h1-12,15-16H,13-14,27H2,(H,29,31)(H,30,32);1H,(H,2,3). The molecule has 5 rings (SSSR count). The Hall–Kier alpha value is -4.92. The minimum Gasteiger partial charge on any atom is -0.483 e. The van der Waals surface area contributed by atoms with Crippen molar-refractivity contribution in [3.05, 3.63) is 85.1 Å². The fourth-order valence-corrected chi connectivity index (χ4v) is 3.67. The van der Waals surface area contributed by atoms with E-state index in [0.29, 0.717) is 41.4 Å². The van der Waals surface area contributed by atoms with Crippen LogP contribution in [0.4, 0.5) is 17.1 Å². The van der Waals surface area contributed by atoms with Crippen molar-refractivity contribution in [2.45, 2.75) is 12.8 Å². The Morgan fingerprint density at radius 2 is 1.53 bits per heavy atom. The van der Waals surface area contributed by atoms with Gasteiger partial charge in [-0.25, -0.2) is 0 Å². The molecule has 0 saturated heterocycles. The number of carbonyl (C=O) groups excluding carboxylic acids is 2. The van der Waals surface area contributed by atoms with Crippen LogP contribution in [-0.2, 0) is 14.4 Å².